The van der Waals surface area contributed by atoms with Gasteiger partial charge in [0.05, 0.1) is 0 Å². The van der Waals surface area contributed by atoms with Crippen LogP contribution in [0.2, 0.25) is 5.15 Å². The zero-order valence-electron chi connectivity index (χ0n) is 7.90. The van der Waals surface area contributed by atoms with Crippen LogP contribution in [0.3, 0.4) is 0 Å². The second-order valence-corrected chi connectivity index (χ2v) is 3.30. The molecule has 0 aliphatic carbocycles. The van der Waals surface area contributed by atoms with E-state index in [2.05, 4.69) is 4.98 Å². The van der Waals surface area contributed by atoms with Crippen molar-refractivity contribution in [1.82, 2.24) is 14.5 Å². The maximum Gasteiger partial charge on any atom is 0.288 e. The Morgan fingerprint density at radius 3 is 2.86 bits per heavy atom. The van der Waals surface area contributed by atoms with Gasteiger partial charge in [-0.1, -0.05) is 11.6 Å². The van der Waals surface area contributed by atoms with Crippen molar-refractivity contribution in [3.8, 4) is 0 Å². The third kappa shape index (κ3) is 2.32. The van der Waals surface area contributed by atoms with Crippen molar-refractivity contribution in [1.29, 1.82) is 0 Å². The summed E-state index contributed by atoms with van der Waals surface area (Å²) in [6.07, 6.45) is 2.81. The maximum absolute atomic E-state index is 11.3. The number of nitrogens with zero attached hydrogens (tertiary/aromatic N) is 3. The summed E-state index contributed by atoms with van der Waals surface area (Å²) >= 11 is 5.51. The van der Waals surface area contributed by atoms with E-state index in [1.807, 2.05) is 0 Å². The van der Waals surface area contributed by atoms with Crippen LogP contribution in [0.25, 0.3) is 0 Å². The SMILES string of the molecule is CN(C)C(=O)Cn1ccnc(Cl)c1=O. The van der Waals surface area contributed by atoms with E-state index in [1.54, 1.807) is 14.1 Å². The highest BCUT2D eigenvalue weighted by Gasteiger charge is 2.07. The van der Waals surface area contributed by atoms with Gasteiger partial charge in [0.15, 0.2) is 5.15 Å². The zero-order chi connectivity index (χ0) is 10.7. The van der Waals surface area contributed by atoms with E-state index >= 15 is 0 Å². The number of likely N-dealkylation sites (N-methyl/N-ethyl adjacent to an activating group) is 1. The Labute approximate surface area is 85.9 Å². The van der Waals surface area contributed by atoms with Crippen LogP contribution in [0.1, 0.15) is 0 Å². The van der Waals surface area contributed by atoms with Gasteiger partial charge in [-0.05, 0) is 0 Å². The summed E-state index contributed by atoms with van der Waals surface area (Å²) in [4.78, 5) is 27.6. The molecule has 0 aromatic carbocycles. The summed E-state index contributed by atoms with van der Waals surface area (Å²) in [6, 6.07) is 0. The molecule has 0 unspecified atom stereocenters. The predicted molar refractivity (Wildman–Crippen MR) is 52.2 cm³/mol. The lowest BCUT2D eigenvalue weighted by Crippen LogP contribution is -2.31. The zero-order valence-corrected chi connectivity index (χ0v) is 8.65. The van der Waals surface area contributed by atoms with Crippen LogP contribution in [0.4, 0.5) is 0 Å². The average molecular weight is 216 g/mol. The van der Waals surface area contributed by atoms with Crippen LogP contribution in [-0.4, -0.2) is 34.5 Å². The Hall–Kier alpha value is -1.36. The van der Waals surface area contributed by atoms with E-state index in [0.29, 0.717) is 0 Å². The fourth-order valence-corrected chi connectivity index (χ4v) is 0.997. The molecule has 14 heavy (non-hydrogen) atoms. The van der Waals surface area contributed by atoms with Gasteiger partial charge in [-0.2, -0.15) is 0 Å². The molecule has 76 valence electrons. The summed E-state index contributed by atoms with van der Waals surface area (Å²) in [5.41, 5.74) is -0.454. The van der Waals surface area contributed by atoms with Crippen LogP contribution in [0, 0.1) is 0 Å². The van der Waals surface area contributed by atoms with Gasteiger partial charge in [0.1, 0.15) is 6.54 Å². The van der Waals surface area contributed by atoms with Gasteiger partial charge in [-0.15, -0.1) is 0 Å². The van der Waals surface area contributed by atoms with Crippen molar-refractivity contribution in [3.63, 3.8) is 0 Å². The molecule has 0 saturated carbocycles. The van der Waals surface area contributed by atoms with Gasteiger partial charge in [0.25, 0.3) is 5.56 Å². The first kappa shape index (κ1) is 10.7. The molecule has 0 saturated heterocycles. The minimum absolute atomic E-state index is 0.0198. The van der Waals surface area contributed by atoms with Crippen LogP contribution in [0.15, 0.2) is 17.2 Å². The van der Waals surface area contributed by atoms with Crippen LogP contribution in [-0.2, 0) is 11.3 Å². The Bertz CT molecular complexity index is 400. The van der Waals surface area contributed by atoms with E-state index in [9.17, 15) is 9.59 Å². The van der Waals surface area contributed by atoms with E-state index < -0.39 is 5.56 Å². The first-order valence-corrected chi connectivity index (χ1v) is 4.31. The van der Waals surface area contributed by atoms with E-state index in [-0.39, 0.29) is 17.6 Å². The molecule has 0 atom stereocenters. The standard InChI is InChI=1S/C8H10ClN3O2/c1-11(2)6(13)5-12-4-3-10-7(9)8(12)14/h3-4H,5H2,1-2H3. The summed E-state index contributed by atoms with van der Waals surface area (Å²) in [6.45, 7) is -0.0198. The number of aromatic nitrogens is 2. The quantitative estimate of drug-likeness (QED) is 0.697. The number of hydrogen-bond acceptors (Lipinski definition) is 3. The van der Waals surface area contributed by atoms with Crippen molar-refractivity contribution in [2.24, 2.45) is 0 Å². The second kappa shape index (κ2) is 4.23. The fourth-order valence-electron chi connectivity index (χ4n) is 0.832. The Morgan fingerprint density at radius 1 is 1.64 bits per heavy atom. The van der Waals surface area contributed by atoms with Gasteiger partial charge in [0.2, 0.25) is 5.91 Å². The first-order valence-electron chi connectivity index (χ1n) is 3.93. The van der Waals surface area contributed by atoms with Crippen molar-refractivity contribution < 1.29 is 4.79 Å². The lowest BCUT2D eigenvalue weighted by Gasteiger charge is -2.11. The summed E-state index contributed by atoms with van der Waals surface area (Å²) in [5.74, 6) is -0.172. The molecule has 0 fully saturated rings. The highest BCUT2D eigenvalue weighted by molar-refractivity contribution is 6.29. The third-order valence-electron chi connectivity index (χ3n) is 1.68. The maximum atomic E-state index is 11.3. The third-order valence-corrected chi connectivity index (χ3v) is 1.94. The minimum Gasteiger partial charge on any atom is -0.347 e. The Balaban J connectivity index is 2.93. The summed E-state index contributed by atoms with van der Waals surface area (Å²) < 4.78 is 1.22. The van der Waals surface area contributed by atoms with E-state index in [0.717, 1.165) is 0 Å². The lowest BCUT2D eigenvalue weighted by atomic mass is 10.5. The van der Waals surface area contributed by atoms with E-state index in [1.165, 1.54) is 21.9 Å². The van der Waals surface area contributed by atoms with Gasteiger partial charge in [-0.3, -0.25) is 9.59 Å². The predicted octanol–water partition coefficient (Wildman–Crippen LogP) is -0.0151. The van der Waals surface area contributed by atoms with Crippen molar-refractivity contribution in [2.75, 3.05) is 14.1 Å². The monoisotopic (exact) mass is 215 g/mol. The second-order valence-electron chi connectivity index (χ2n) is 2.94. The Kier molecular flexibility index (Phi) is 3.24. The molecule has 1 aromatic rings. The highest BCUT2D eigenvalue weighted by atomic mass is 35.5. The molecular weight excluding hydrogens is 206 g/mol. The molecule has 0 N–H and O–H groups in total. The van der Waals surface area contributed by atoms with Crippen molar-refractivity contribution >= 4 is 17.5 Å². The molecular formula is C8H10ClN3O2. The van der Waals surface area contributed by atoms with Crippen LogP contribution >= 0.6 is 11.6 Å². The van der Waals surface area contributed by atoms with Gasteiger partial charge in [-0.25, -0.2) is 4.98 Å². The average Bonchev–Trinajstić information content (AvgIpc) is 2.12. The van der Waals surface area contributed by atoms with Gasteiger partial charge >= 0.3 is 0 Å². The van der Waals surface area contributed by atoms with Crippen LogP contribution < -0.4 is 5.56 Å². The molecule has 1 amide bonds. The van der Waals surface area contributed by atoms with Crippen LogP contribution in [0.5, 0.6) is 0 Å². The molecule has 0 radical (unpaired) electrons. The molecule has 0 aliphatic heterocycles. The highest BCUT2D eigenvalue weighted by Crippen LogP contribution is 1.94. The molecule has 1 aromatic heterocycles. The van der Waals surface area contributed by atoms with E-state index in [4.69, 9.17) is 11.6 Å². The minimum atomic E-state index is -0.454. The number of rotatable bonds is 2. The normalized spacial score (nSPS) is 9.93. The topological polar surface area (TPSA) is 55.2 Å². The van der Waals surface area contributed by atoms with Crippen molar-refractivity contribution in [3.05, 3.63) is 27.9 Å². The molecule has 1 rings (SSSR count). The molecule has 0 bridgehead atoms. The van der Waals surface area contributed by atoms with Crippen molar-refractivity contribution in [2.45, 2.75) is 6.54 Å². The first-order chi connectivity index (χ1) is 6.52. The van der Waals surface area contributed by atoms with Gasteiger partial charge in [0, 0.05) is 26.5 Å². The number of carbonyl (C=O) groups is 1. The molecule has 0 spiro atoms. The molecule has 5 nitrogen and oxygen atoms in total. The molecule has 1 heterocycles. The molecule has 6 heteroatoms. The summed E-state index contributed by atoms with van der Waals surface area (Å²) in [5, 5.41) is -0.126. The number of carbonyl (C=O) groups excluding carboxylic acids is 1. The number of hydrogen-bond donors (Lipinski definition) is 0. The lowest BCUT2D eigenvalue weighted by molar-refractivity contribution is -0.129. The summed E-state index contributed by atoms with van der Waals surface area (Å²) in [7, 11) is 3.24. The largest absolute Gasteiger partial charge is 0.347 e. The van der Waals surface area contributed by atoms with Gasteiger partial charge < -0.3 is 9.47 Å². The number of amides is 1. The molecule has 0 aliphatic rings. The smallest absolute Gasteiger partial charge is 0.288 e. The Morgan fingerprint density at radius 2 is 2.29 bits per heavy atom. The fraction of sp³-hybridized carbons (Fsp3) is 0.375. The number of halogens is 1.